The summed E-state index contributed by atoms with van der Waals surface area (Å²) in [5.41, 5.74) is 1.48. The molecule has 2 heteroatoms. The molecule has 2 nitrogen and oxygen atoms in total. The maximum absolute atomic E-state index is 3.52. The van der Waals surface area contributed by atoms with Gasteiger partial charge in [0.25, 0.3) is 0 Å². The minimum atomic E-state index is 0.652. The van der Waals surface area contributed by atoms with Crippen molar-refractivity contribution in [2.75, 3.05) is 26.7 Å². The minimum absolute atomic E-state index is 0.652. The SMILES string of the molecule is CNCC(c1ccccc1)C1CCCNC1. The fourth-order valence-corrected chi connectivity index (χ4v) is 2.70. The van der Waals surface area contributed by atoms with Crippen LogP contribution in [0.25, 0.3) is 0 Å². The Hall–Kier alpha value is -0.860. The zero-order valence-corrected chi connectivity index (χ0v) is 10.1. The van der Waals surface area contributed by atoms with Crippen molar-refractivity contribution >= 4 is 0 Å². The molecule has 0 spiro atoms. The number of nitrogens with one attached hydrogen (secondary N) is 2. The highest BCUT2D eigenvalue weighted by Crippen LogP contribution is 2.28. The second-order valence-electron chi connectivity index (χ2n) is 4.68. The van der Waals surface area contributed by atoms with Crippen molar-refractivity contribution in [2.24, 2.45) is 5.92 Å². The van der Waals surface area contributed by atoms with Crippen molar-refractivity contribution < 1.29 is 0 Å². The van der Waals surface area contributed by atoms with Crippen molar-refractivity contribution in [1.29, 1.82) is 0 Å². The summed E-state index contributed by atoms with van der Waals surface area (Å²) in [6.07, 6.45) is 2.67. The van der Waals surface area contributed by atoms with Gasteiger partial charge < -0.3 is 10.6 Å². The predicted molar refractivity (Wildman–Crippen MR) is 68.7 cm³/mol. The van der Waals surface area contributed by atoms with Crippen LogP contribution >= 0.6 is 0 Å². The van der Waals surface area contributed by atoms with Crippen LogP contribution in [0.3, 0.4) is 0 Å². The molecule has 1 heterocycles. The van der Waals surface area contributed by atoms with E-state index < -0.39 is 0 Å². The zero-order valence-electron chi connectivity index (χ0n) is 10.1. The van der Waals surface area contributed by atoms with E-state index in [4.69, 9.17) is 0 Å². The Kier molecular flexibility index (Phi) is 4.37. The Labute approximate surface area is 98.4 Å². The first-order valence-corrected chi connectivity index (χ1v) is 6.32. The molecule has 1 aliphatic heterocycles. The highest BCUT2D eigenvalue weighted by molar-refractivity contribution is 5.21. The van der Waals surface area contributed by atoms with Crippen LogP contribution in [0.2, 0.25) is 0 Å². The third-order valence-electron chi connectivity index (χ3n) is 3.56. The fourth-order valence-electron chi connectivity index (χ4n) is 2.70. The number of hydrogen-bond acceptors (Lipinski definition) is 2. The lowest BCUT2D eigenvalue weighted by Gasteiger charge is -2.31. The average Bonchev–Trinajstić information content (AvgIpc) is 2.38. The van der Waals surface area contributed by atoms with Gasteiger partial charge >= 0.3 is 0 Å². The van der Waals surface area contributed by atoms with Crippen molar-refractivity contribution in [3.05, 3.63) is 35.9 Å². The molecule has 0 radical (unpaired) electrons. The van der Waals surface area contributed by atoms with Gasteiger partial charge in [0.05, 0.1) is 0 Å². The molecular formula is C14H22N2. The molecule has 1 aliphatic rings. The van der Waals surface area contributed by atoms with Crippen LogP contribution in [-0.2, 0) is 0 Å². The largest absolute Gasteiger partial charge is 0.319 e. The van der Waals surface area contributed by atoms with Crippen LogP contribution in [0.5, 0.6) is 0 Å². The highest BCUT2D eigenvalue weighted by atomic mass is 14.9. The summed E-state index contributed by atoms with van der Waals surface area (Å²) >= 11 is 0. The lowest BCUT2D eigenvalue weighted by atomic mass is 9.81. The summed E-state index contributed by atoms with van der Waals surface area (Å²) < 4.78 is 0. The molecule has 2 rings (SSSR count). The van der Waals surface area contributed by atoms with E-state index in [0.29, 0.717) is 5.92 Å². The van der Waals surface area contributed by atoms with E-state index in [1.807, 2.05) is 7.05 Å². The molecule has 0 bridgehead atoms. The predicted octanol–water partition coefficient (Wildman–Crippen LogP) is 1.99. The summed E-state index contributed by atoms with van der Waals surface area (Å²) in [7, 11) is 2.05. The molecule has 1 fully saturated rings. The van der Waals surface area contributed by atoms with Crippen LogP contribution < -0.4 is 10.6 Å². The van der Waals surface area contributed by atoms with Gasteiger partial charge in [-0.25, -0.2) is 0 Å². The maximum Gasteiger partial charge on any atom is 0.00203 e. The number of rotatable bonds is 4. The van der Waals surface area contributed by atoms with E-state index in [1.54, 1.807) is 0 Å². The standard InChI is InChI=1S/C14H22N2/c1-15-11-14(12-6-3-2-4-7-12)13-8-5-9-16-10-13/h2-4,6-7,13-16H,5,8-11H2,1H3. The molecule has 1 saturated heterocycles. The van der Waals surface area contributed by atoms with Crippen LogP contribution in [0.4, 0.5) is 0 Å². The van der Waals surface area contributed by atoms with E-state index in [2.05, 4.69) is 41.0 Å². The zero-order chi connectivity index (χ0) is 11.2. The van der Waals surface area contributed by atoms with E-state index in [9.17, 15) is 0 Å². The van der Waals surface area contributed by atoms with Crippen molar-refractivity contribution in [3.63, 3.8) is 0 Å². The van der Waals surface area contributed by atoms with Gasteiger partial charge in [-0.1, -0.05) is 30.3 Å². The molecule has 2 unspecified atom stereocenters. The fraction of sp³-hybridized carbons (Fsp3) is 0.571. The first-order chi connectivity index (χ1) is 7.92. The van der Waals surface area contributed by atoms with Gasteiger partial charge in [-0.2, -0.15) is 0 Å². The first kappa shape index (κ1) is 11.6. The summed E-state index contributed by atoms with van der Waals surface area (Å²) in [6.45, 7) is 3.44. The first-order valence-electron chi connectivity index (χ1n) is 6.32. The lowest BCUT2D eigenvalue weighted by molar-refractivity contribution is 0.317. The van der Waals surface area contributed by atoms with E-state index in [0.717, 1.165) is 12.5 Å². The van der Waals surface area contributed by atoms with Gasteiger partial charge in [0.2, 0.25) is 0 Å². The number of hydrogen-bond donors (Lipinski definition) is 2. The monoisotopic (exact) mass is 218 g/mol. The molecule has 2 atom stereocenters. The van der Waals surface area contributed by atoms with Crippen molar-refractivity contribution in [1.82, 2.24) is 10.6 Å². The lowest BCUT2D eigenvalue weighted by Crippen LogP contribution is -2.36. The summed E-state index contributed by atoms with van der Waals surface area (Å²) in [5.74, 6) is 1.43. The molecule has 0 aromatic heterocycles. The molecule has 2 N–H and O–H groups in total. The summed E-state index contributed by atoms with van der Waals surface area (Å²) in [4.78, 5) is 0. The summed E-state index contributed by atoms with van der Waals surface area (Å²) in [5, 5.41) is 6.85. The van der Waals surface area contributed by atoms with Gasteiger partial charge in [0.1, 0.15) is 0 Å². The van der Waals surface area contributed by atoms with Crippen LogP contribution in [-0.4, -0.2) is 26.7 Å². The molecule has 1 aromatic rings. The van der Waals surface area contributed by atoms with Gasteiger partial charge in [-0.15, -0.1) is 0 Å². The molecular weight excluding hydrogens is 196 g/mol. The normalized spacial score (nSPS) is 22.9. The van der Waals surface area contributed by atoms with E-state index in [1.165, 1.54) is 31.5 Å². The van der Waals surface area contributed by atoms with Gasteiger partial charge in [0, 0.05) is 12.5 Å². The molecule has 16 heavy (non-hydrogen) atoms. The van der Waals surface area contributed by atoms with E-state index >= 15 is 0 Å². The van der Waals surface area contributed by atoms with E-state index in [-0.39, 0.29) is 0 Å². The average molecular weight is 218 g/mol. The van der Waals surface area contributed by atoms with Crippen LogP contribution in [0.15, 0.2) is 30.3 Å². The van der Waals surface area contributed by atoms with Crippen LogP contribution in [0.1, 0.15) is 24.3 Å². The Morgan fingerprint density at radius 2 is 2.19 bits per heavy atom. The Morgan fingerprint density at radius 3 is 2.81 bits per heavy atom. The number of piperidine rings is 1. The van der Waals surface area contributed by atoms with Gasteiger partial charge in [-0.05, 0) is 44.5 Å². The molecule has 0 saturated carbocycles. The topological polar surface area (TPSA) is 24.1 Å². The summed E-state index contributed by atoms with van der Waals surface area (Å²) in [6, 6.07) is 10.9. The van der Waals surface area contributed by atoms with Crippen molar-refractivity contribution in [2.45, 2.75) is 18.8 Å². The Morgan fingerprint density at radius 1 is 1.38 bits per heavy atom. The quantitative estimate of drug-likeness (QED) is 0.807. The highest BCUT2D eigenvalue weighted by Gasteiger charge is 2.23. The molecule has 0 amide bonds. The third-order valence-corrected chi connectivity index (χ3v) is 3.56. The smallest absolute Gasteiger partial charge is 0.00203 e. The molecule has 88 valence electrons. The van der Waals surface area contributed by atoms with Gasteiger partial charge in [0.15, 0.2) is 0 Å². The maximum atomic E-state index is 3.52. The number of benzene rings is 1. The molecule has 0 aliphatic carbocycles. The van der Waals surface area contributed by atoms with Gasteiger partial charge in [-0.3, -0.25) is 0 Å². The second kappa shape index (κ2) is 6.02. The van der Waals surface area contributed by atoms with Crippen molar-refractivity contribution in [3.8, 4) is 0 Å². The number of likely N-dealkylation sites (N-methyl/N-ethyl adjacent to an activating group) is 1. The minimum Gasteiger partial charge on any atom is -0.319 e. The Balaban J connectivity index is 2.09. The van der Waals surface area contributed by atoms with Crippen LogP contribution in [0, 0.1) is 5.92 Å². The second-order valence-corrected chi connectivity index (χ2v) is 4.68. The Bertz CT molecular complexity index is 291. The molecule has 1 aromatic carbocycles. The third kappa shape index (κ3) is 2.83.